The predicted molar refractivity (Wildman–Crippen MR) is 65.5 cm³/mol. The molecule has 1 amide bonds. The van der Waals surface area contributed by atoms with Gasteiger partial charge in [-0.05, 0) is 25.5 Å². The lowest BCUT2D eigenvalue weighted by Crippen LogP contribution is -2.47. The molecule has 0 aliphatic carbocycles. The molecule has 0 atom stereocenters. The number of likely N-dealkylation sites (tertiary alicyclic amines) is 1. The molecular weight excluding hydrogens is 233 g/mol. The van der Waals surface area contributed by atoms with Gasteiger partial charge in [-0.1, -0.05) is 18.2 Å². The Morgan fingerprint density at radius 1 is 1.39 bits per heavy atom. The molecule has 0 N–H and O–H groups in total. The second kappa shape index (κ2) is 4.52. The average molecular weight is 249 g/mol. The topological polar surface area (TPSA) is 37.4 Å². The molecule has 2 rings (SSSR count). The number of ketones is 1. The van der Waals surface area contributed by atoms with Crippen molar-refractivity contribution in [1.29, 1.82) is 0 Å². The molecule has 18 heavy (non-hydrogen) atoms. The largest absolute Gasteiger partial charge is 0.330 e. The van der Waals surface area contributed by atoms with E-state index in [0.29, 0.717) is 18.5 Å². The van der Waals surface area contributed by atoms with Gasteiger partial charge in [-0.3, -0.25) is 9.59 Å². The highest BCUT2D eigenvalue weighted by molar-refractivity contribution is 5.95. The van der Waals surface area contributed by atoms with Crippen molar-refractivity contribution < 1.29 is 14.0 Å². The Bertz CT molecular complexity index is 496. The van der Waals surface area contributed by atoms with Gasteiger partial charge in [-0.2, -0.15) is 0 Å². The number of hydrogen-bond donors (Lipinski definition) is 0. The molecule has 1 heterocycles. The third-order valence-corrected chi connectivity index (χ3v) is 3.52. The van der Waals surface area contributed by atoms with Crippen molar-refractivity contribution in [2.24, 2.45) is 0 Å². The predicted octanol–water partition coefficient (Wildman–Crippen LogP) is 1.95. The Labute approximate surface area is 106 Å². The standard InChI is InChI=1S/C14H16FNO2/c1-14(2)12(17)7-8-16(14)13(18)9-10-5-3-4-6-11(10)15/h3-6H,7-9H2,1-2H3. The Kier molecular flexibility index (Phi) is 3.20. The van der Waals surface area contributed by atoms with Crippen molar-refractivity contribution in [1.82, 2.24) is 4.90 Å². The molecule has 4 heteroatoms. The van der Waals surface area contributed by atoms with Gasteiger partial charge in [-0.25, -0.2) is 4.39 Å². The van der Waals surface area contributed by atoms with Crippen LogP contribution in [0.5, 0.6) is 0 Å². The molecule has 0 aromatic heterocycles. The number of benzene rings is 1. The maximum Gasteiger partial charge on any atom is 0.227 e. The van der Waals surface area contributed by atoms with E-state index in [9.17, 15) is 14.0 Å². The number of rotatable bonds is 2. The smallest absolute Gasteiger partial charge is 0.227 e. The monoisotopic (exact) mass is 249 g/mol. The second-order valence-electron chi connectivity index (χ2n) is 5.05. The van der Waals surface area contributed by atoms with Crippen molar-refractivity contribution >= 4 is 11.7 Å². The van der Waals surface area contributed by atoms with Gasteiger partial charge in [0.15, 0.2) is 5.78 Å². The van der Waals surface area contributed by atoms with Crippen molar-refractivity contribution in [2.45, 2.75) is 32.2 Å². The molecule has 1 saturated heterocycles. The summed E-state index contributed by atoms with van der Waals surface area (Å²) in [6.07, 6.45) is 0.388. The second-order valence-corrected chi connectivity index (χ2v) is 5.05. The minimum Gasteiger partial charge on any atom is -0.330 e. The third-order valence-electron chi connectivity index (χ3n) is 3.52. The molecule has 0 radical (unpaired) electrons. The molecule has 1 aromatic carbocycles. The minimum atomic E-state index is -0.762. The van der Waals surface area contributed by atoms with E-state index in [1.165, 1.54) is 6.07 Å². The van der Waals surface area contributed by atoms with Gasteiger partial charge >= 0.3 is 0 Å². The van der Waals surface area contributed by atoms with Crippen LogP contribution in [0.25, 0.3) is 0 Å². The van der Waals surface area contributed by atoms with Crippen molar-refractivity contribution in [3.8, 4) is 0 Å². The van der Waals surface area contributed by atoms with Gasteiger partial charge in [0.25, 0.3) is 0 Å². The van der Waals surface area contributed by atoms with Crippen LogP contribution in [0.4, 0.5) is 4.39 Å². The lowest BCUT2D eigenvalue weighted by atomic mass is 10.00. The summed E-state index contributed by atoms with van der Waals surface area (Å²) in [7, 11) is 0. The molecule has 0 spiro atoms. The van der Waals surface area contributed by atoms with E-state index in [2.05, 4.69) is 0 Å². The molecule has 0 saturated carbocycles. The van der Waals surface area contributed by atoms with E-state index in [1.54, 1.807) is 36.9 Å². The van der Waals surface area contributed by atoms with Gasteiger partial charge in [0.1, 0.15) is 5.82 Å². The number of nitrogens with zero attached hydrogens (tertiary/aromatic N) is 1. The first-order chi connectivity index (χ1) is 8.43. The van der Waals surface area contributed by atoms with Crippen LogP contribution in [0.15, 0.2) is 24.3 Å². The van der Waals surface area contributed by atoms with E-state index in [-0.39, 0.29) is 23.9 Å². The molecule has 1 aliphatic rings. The third kappa shape index (κ3) is 2.15. The fourth-order valence-electron chi connectivity index (χ4n) is 2.29. The Balaban J connectivity index is 2.15. The van der Waals surface area contributed by atoms with Gasteiger partial charge in [-0.15, -0.1) is 0 Å². The zero-order valence-electron chi connectivity index (χ0n) is 10.6. The van der Waals surface area contributed by atoms with Gasteiger partial charge in [0, 0.05) is 13.0 Å². The lowest BCUT2D eigenvalue weighted by Gasteiger charge is -2.30. The van der Waals surface area contributed by atoms with Gasteiger partial charge in [0.2, 0.25) is 5.91 Å². The zero-order chi connectivity index (χ0) is 13.3. The lowest BCUT2D eigenvalue weighted by molar-refractivity contribution is -0.138. The summed E-state index contributed by atoms with van der Waals surface area (Å²) in [5.41, 5.74) is -0.389. The Hall–Kier alpha value is -1.71. The number of halogens is 1. The number of amides is 1. The molecule has 0 bridgehead atoms. The van der Waals surface area contributed by atoms with Crippen LogP contribution in [-0.2, 0) is 16.0 Å². The van der Waals surface area contributed by atoms with Crippen LogP contribution in [-0.4, -0.2) is 28.7 Å². The first-order valence-corrected chi connectivity index (χ1v) is 6.00. The number of carbonyl (C=O) groups excluding carboxylic acids is 2. The average Bonchev–Trinajstić information content (AvgIpc) is 2.57. The summed E-state index contributed by atoms with van der Waals surface area (Å²) in [4.78, 5) is 25.3. The van der Waals surface area contributed by atoms with Crippen LogP contribution in [0, 0.1) is 5.82 Å². The molecular formula is C14H16FNO2. The molecule has 1 fully saturated rings. The molecule has 0 unspecified atom stereocenters. The molecule has 1 aromatic rings. The maximum atomic E-state index is 13.5. The maximum absolute atomic E-state index is 13.5. The highest BCUT2D eigenvalue weighted by atomic mass is 19.1. The highest BCUT2D eigenvalue weighted by Crippen LogP contribution is 2.26. The SMILES string of the molecule is CC1(C)C(=O)CCN1C(=O)Cc1ccccc1F. The first kappa shape index (κ1) is 12.7. The summed E-state index contributed by atoms with van der Waals surface area (Å²) < 4.78 is 13.5. The fourth-order valence-corrected chi connectivity index (χ4v) is 2.29. The van der Waals surface area contributed by atoms with Gasteiger partial charge in [0.05, 0.1) is 12.0 Å². The summed E-state index contributed by atoms with van der Waals surface area (Å²) in [6.45, 7) is 3.91. The Morgan fingerprint density at radius 3 is 2.61 bits per heavy atom. The van der Waals surface area contributed by atoms with Crippen molar-refractivity contribution in [2.75, 3.05) is 6.54 Å². The van der Waals surface area contributed by atoms with E-state index >= 15 is 0 Å². The van der Waals surface area contributed by atoms with Crippen LogP contribution < -0.4 is 0 Å². The minimum absolute atomic E-state index is 0.00336. The molecule has 3 nitrogen and oxygen atoms in total. The molecule has 1 aliphatic heterocycles. The number of Topliss-reactive ketones (excluding diaryl/α,β-unsaturated/α-hetero) is 1. The van der Waals surface area contributed by atoms with Gasteiger partial charge < -0.3 is 4.90 Å². The zero-order valence-corrected chi connectivity index (χ0v) is 10.6. The van der Waals surface area contributed by atoms with Crippen LogP contribution >= 0.6 is 0 Å². The van der Waals surface area contributed by atoms with Crippen LogP contribution in [0.1, 0.15) is 25.8 Å². The van der Waals surface area contributed by atoms with E-state index in [0.717, 1.165) is 0 Å². The number of hydrogen-bond acceptors (Lipinski definition) is 2. The van der Waals surface area contributed by atoms with E-state index in [4.69, 9.17) is 0 Å². The summed E-state index contributed by atoms with van der Waals surface area (Å²) in [5.74, 6) is -0.519. The van der Waals surface area contributed by atoms with E-state index in [1.807, 2.05) is 0 Å². The summed E-state index contributed by atoms with van der Waals surface area (Å²) in [5, 5.41) is 0. The van der Waals surface area contributed by atoms with E-state index < -0.39 is 5.54 Å². The fraction of sp³-hybridized carbons (Fsp3) is 0.429. The van der Waals surface area contributed by atoms with Crippen LogP contribution in [0.2, 0.25) is 0 Å². The van der Waals surface area contributed by atoms with Crippen molar-refractivity contribution in [3.63, 3.8) is 0 Å². The quantitative estimate of drug-likeness (QED) is 0.803. The Morgan fingerprint density at radius 2 is 2.06 bits per heavy atom. The molecule has 96 valence electrons. The normalized spacial score (nSPS) is 18.2. The van der Waals surface area contributed by atoms with Crippen molar-refractivity contribution in [3.05, 3.63) is 35.6 Å². The highest BCUT2D eigenvalue weighted by Gasteiger charge is 2.42. The first-order valence-electron chi connectivity index (χ1n) is 6.00. The summed E-state index contributed by atoms with van der Waals surface area (Å²) in [6, 6.07) is 6.22. The van der Waals surface area contributed by atoms with Crippen LogP contribution in [0.3, 0.4) is 0 Å². The summed E-state index contributed by atoms with van der Waals surface area (Å²) >= 11 is 0. The number of carbonyl (C=O) groups is 2.